The van der Waals surface area contributed by atoms with E-state index in [1.165, 1.54) is 27.4 Å². The fourth-order valence-corrected chi connectivity index (χ4v) is 2.09. The molecule has 0 bridgehead atoms. The maximum atomic E-state index is 12.6. The van der Waals surface area contributed by atoms with Crippen LogP contribution in [-0.4, -0.2) is 32.2 Å². The first kappa shape index (κ1) is 14.7. The Morgan fingerprint density at radius 1 is 0.857 bits per heavy atom. The standard InChI is InChI=1S/C16H16O5/c1-19-13-9-8-11(15(20-2)16(13)21-3)14(18)10-6-4-5-7-12(10)17/h4-9,17H,1-3H3. The number of phenolic OH excluding ortho intramolecular Hbond substituents is 1. The zero-order chi connectivity index (χ0) is 15.4. The van der Waals surface area contributed by atoms with E-state index >= 15 is 0 Å². The quantitative estimate of drug-likeness (QED) is 0.857. The van der Waals surface area contributed by atoms with E-state index in [-0.39, 0.29) is 28.4 Å². The van der Waals surface area contributed by atoms with E-state index in [2.05, 4.69) is 0 Å². The summed E-state index contributed by atoms with van der Waals surface area (Å²) in [5, 5.41) is 9.82. The lowest BCUT2D eigenvalue weighted by molar-refractivity contribution is 0.103. The molecule has 110 valence electrons. The Morgan fingerprint density at radius 3 is 2.10 bits per heavy atom. The Bertz CT molecular complexity index is 664. The van der Waals surface area contributed by atoms with Crippen LogP contribution in [0.5, 0.6) is 23.0 Å². The smallest absolute Gasteiger partial charge is 0.204 e. The predicted octanol–water partition coefficient (Wildman–Crippen LogP) is 2.65. The van der Waals surface area contributed by atoms with Gasteiger partial charge in [0.15, 0.2) is 11.5 Å². The van der Waals surface area contributed by atoms with E-state index in [1.54, 1.807) is 30.3 Å². The number of carbonyl (C=O) groups is 1. The van der Waals surface area contributed by atoms with Crippen molar-refractivity contribution < 1.29 is 24.1 Å². The lowest BCUT2D eigenvalue weighted by Gasteiger charge is -2.15. The molecular weight excluding hydrogens is 272 g/mol. The highest BCUT2D eigenvalue weighted by atomic mass is 16.5. The van der Waals surface area contributed by atoms with Crippen LogP contribution in [0.25, 0.3) is 0 Å². The summed E-state index contributed by atoms with van der Waals surface area (Å²) in [7, 11) is 4.41. The minimum absolute atomic E-state index is 0.0839. The lowest BCUT2D eigenvalue weighted by atomic mass is 10.0. The van der Waals surface area contributed by atoms with Gasteiger partial charge in [-0.15, -0.1) is 0 Å². The SMILES string of the molecule is COc1ccc(C(=O)c2ccccc2O)c(OC)c1OC. The van der Waals surface area contributed by atoms with Gasteiger partial charge in [0.25, 0.3) is 0 Å². The highest BCUT2D eigenvalue weighted by molar-refractivity contribution is 6.12. The molecule has 0 saturated carbocycles. The van der Waals surface area contributed by atoms with Crippen LogP contribution in [0.15, 0.2) is 36.4 Å². The lowest BCUT2D eigenvalue weighted by Crippen LogP contribution is -2.06. The maximum Gasteiger partial charge on any atom is 0.204 e. The molecule has 0 aromatic heterocycles. The normalized spacial score (nSPS) is 10.0. The van der Waals surface area contributed by atoms with Crippen molar-refractivity contribution in [3.05, 3.63) is 47.5 Å². The molecule has 0 heterocycles. The van der Waals surface area contributed by atoms with Gasteiger partial charge >= 0.3 is 0 Å². The molecule has 0 aliphatic rings. The fraction of sp³-hybridized carbons (Fsp3) is 0.188. The first-order valence-electron chi connectivity index (χ1n) is 6.25. The van der Waals surface area contributed by atoms with Crippen molar-refractivity contribution in [3.8, 4) is 23.0 Å². The number of ether oxygens (including phenoxy) is 3. The molecule has 5 heteroatoms. The molecule has 0 saturated heterocycles. The molecule has 0 unspecified atom stereocenters. The number of phenols is 1. The predicted molar refractivity (Wildman–Crippen MR) is 77.6 cm³/mol. The van der Waals surface area contributed by atoms with Crippen molar-refractivity contribution in [2.24, 2.45) is 0 Å². The first-order valence-corrected chi connectivity index (χ1v) is 6.25. The average Bonchev–Trinajstić information content (AvgIpc) is 2.52. The molecule has 0 radical (unpaired) electrons. The Hall–Kier alpha value is -2.69. The van der Waals surface area contributed by atoms with E-state index < -0.39 is 0 Å². The van der Waals surface area contributed by atoms with Crippen LogP contribution in [0.1, 0.15) is 15.9 Å². The summed E-state index contributed by atoms with van der Waals surface area (Å²) in [5.74, 6) is 0.625. The summed E-state index contributed by atoms with van der Waals surface area (Å²) in [4.78, 5) is 12.6. The molecule has 2 aromatic rings. The number of hydrogen-bond acceptors (Lipinski definition) is 5. The Morgan fingerprint density at radius 2 is 1.52 bits per heavy atom. The van der Waals surface area contributed by atoms with Gasteiger partial charge in [-0.25, -0.2) is 0 Å². The minimum Gasteiger partial charge on any atom is -0.507 e. The van der Waals surface area contributed by atoms with Gasteiger partial charge in [0, 0.05) is 0 Å². The van der Waals surface area contributed by atoms with E-state index in [4.69, 9.17) is 14.2 Å². The van der Waals surface area contributed by atoms with Crippen LogP contribution < -0.4 is 14.2 Å². The average molecular weight is 288 g/mol. The Labute approximate surface area is 122 Å². The molecule has 0 aliphatic carbocycles. The summed E-state index contributed by atoms with van der Waals surface area (Å²) in [6.45, 7) is 0. The topological polar surface area (TPSA) is 65.0 Å². The summed E-state index contributed by atoms with van der Waals surface area (Å²) in [6, 6.07) is 9.54. The zero-order valence-corrected chi connectivity index (χ0v) is 12.0. The molecule has 0 spiro atoms. The number of ketones is 1. The zero-order valence-electron chi connectivity index (χ0n) is 12.0. The van der Waals surface area contributed by atoms with E-state index in [0.717, 1.165) is 0 Å². The van der Waals surface area contributed by atoms with Crippen LogP contribution in [0, 0.1) is 0 Å². The second-order valence-corrected chi connectivity index (χ2v) is 4.23. The summed E-state index contributed by atoms with van der Waals surface area (Å²) in [5.41, 5.74) is 0.486. The second kappa shape index (κ2) is 6.17. The second-order valence-electron chi connectivity index (χ2n) is 4.23. The van der Waals surface area contributed by atoms with Gasteiger partial charge in [-0.05, 0) is 24.3 Å². The molecule has 0 fully saturated rings. The minimum atomic E-state index is -0.356. The maximum absolute atomic E-state index is 12.6. The third kappa shape index (κ3) is 2.63. The summed E-state index contributed by atoms with van der Waals surface area (Å²) in [6.07, 6.45) is 0. The van der Waals surface area contributed by atoms with Crippen molar-refractivity contribution in [2.75, 3.05) is 21.3 Å². The number of rotatable bonds is 5. The number of para-hydroxylation sites is 1. The number of carbonyl (C=O) groups excluding carboxylic acids is 1. The van der Waals surface area contributed by atoms with E-state index in [0.29, 0.717) is 11.5 Å². The number of hydrogen-bond donors (Lipinski definition) is 1. The molecule has 0 amide bonds. The number of aromatic hydroxyl groups is 1. The van der Waals surface area contributed by atoms with E-state index in [1.807, 2.05) is 0 Å². The van der Waals surface area contributed by atoms with Crippen molar-refractivity contribution in [1.29, 1.82) is 0 Å². The van der Waals surface area contributed by atoms with Gasteiger partial charge in [-0.1, -0.05) is 12.1 Å². The van der Waals surface area contributed by atoms with Crippen molar-refractivity contribution in [2.45, 2.75) is 0 Å². The van der Waals surface area contributed by atoms with Crippen molar-refractivity contribution in [3.63, 3.8) is 0 Å². The van der Waals surface area contributed by atoms with Crippen LogP contribution >= 0.6 is 0 Å². The first-order chi connectivity index (χ1) is 10.1. The molecular formula is C16H16O5. The number of methoxy groups -OCH3 is 3. The van der Waals surface area contributed by atoms with Crippen LogP contribution in [0.2, 0.25) is 0 Å². The molecule has 1 N–H and O–H groups in total. The molecule has 21 heavy (non-hydrogen) atoms. The van der Waals surface area contributed by atoms with Gasteiger partial charge in [0.05, 0.1) is 32.5 Å². The van der Waals surface area contributed by atoms with Gasteiger partial charge < -0.3 is 19.3 Å². The van der Waals surface area contributed by atoms with Gasteiger partial charge in [-0.3, -0.25) is 4.79 Å². The van der Waals surface area contributed by atoms with E-state index in [9.17, 15) is 9.90 Å². The Kier molecular flexibility index (Phi) is 4.33. The van der Waals surface area contributed by atoms with Crippen LogP contribution in [-0.2, 0) is 0 Å². The monoisotopic (exact) mass is 288 g/mol. The van der Waals surface area contributed by atoms with Crippen LogP contribution in [0.4, 0.5) is 0 Å². The summed E-state index contributed by atoms with van der Waals surface area (Å²) < 4.78 is 15.7. The molecule has 0 aliphatic heterocycles. The molecule has 2 aromatic carbocycles. The van der Waals surface area contributed by atoms with Crippen LogP contribution in [0.3, 0.4) is 0 Å². The Balaban J connectivity index is 2.59. The largest absolute Gasteiger partial charge is 0.507 e. The molecule has 5 nitrogen and oxygen atoms in total. The van der Waals surface area contributed by atoms with Gasteiger partial charge in [0.2, 0.25) is 11.5 Å². The van der Waals surface area contributed by atoms with Gasteiger partial charge in [0.1, 0.15) is 5.75 Å². The summed E-state index contributed by atoms with van der Waals surface area (Å²) >= 11 is 0. The fourth-order valence-electron chi connectivity index (χ4n) is 2.09. The van der Waals surface area contributed by atoms with Crippen molar-refractivity contribution in [1.82, 2.24) is 0 Å². The van der Waals surface area contributed by atoms with Gasteiger partial charge in [-0.2, -0.15) is 0 Å². The highest BCUT2D eigenvalue weighted by Crippen LogP contribution is 2.40. The van der Waals surface area contributed by atoms with Crippen molar-refractivity contribution >= 4 is 5.78 Å². The molecule has 0 atom stereocenters. The molecule has 2 rings (SSSR count). The number of benzene rings is 2. The highest BCUT2D eigenvalue weighted by Gasteiger charge is 2.23. The third-order valence-electron chi connectivity index (χ3n) is 3.10. The third-order valence-corrected chi connectivity index (χ3v) is 3.10.